The quantitative estimate of drug-likeness (QED) is 0.675. The van der Waals surface area contributed by atoms with Crippen LogP contribution in [0, 0.1) is 0 Å². The lowest BCUT2D eigenvalue weighted by molar-refractivity contribution is -0.122. The molecule has 2 aromatic carbocycles. The number of benzene rings is 2. The van der Waals surface area contributed by atoms with E-state index in [1.165, 1.54) is 18.2 Å². The number of nitrogens with zero attached hydrogens (tertiary/aromatic N) is 1. The van der Waals surface area contributed by atoms with Crippen LogP contribution in [0.2, 0.25) is 0 Å². The summed E-state index contributed by atoms with van der Waals surface area (Å²) < 4.78 is 33.5. The van der Waals surface area contributed by atoms with Gasteiger partial charge >= 0.3 is 0 Å². The van der Waals surface area contributed by atoms with Crippen molar-refractivity contribution in [2.45, 2.75) is 24.3 Å². The van der Waals surface area contributed by atoms with E-state index in [0.717, 1.165) is 17.5 Å². The number of anilines is 2. The van der Waals surface area contributed by atoms with Crippen molar-refractivity contribution in [2.24, 2.45) is 0 Å². The van der Waals surface area contributed by atoms with Crippen molar-refractivity contribution in [1.82, 2.24) is 4.98 Å². The number of hydrogen-bond acceptors (Lipinski definition) is 5. The molecule has 1 aliphatic heterocycles. The zero-order valence-corrected chi connectivity index (χ0v) is 16.4. The molecule has 0 aliphatic carbocycles. The molecule has 1 atom stereocenters. The van der Waals surface area contributed by atoms with Gasteiger partial charge in [-0.3, -0.25) is 14.5 Å². The molecule has 29 heavy (non-hydrogen) atoms. The van der Waals surface area contributed by atoms with Gasteiger partial charge in [0.2, 0.25) is 0 Å². The first-order chi connectivity index (χ1) is 13.9. The van der Waals surface area contributed by atoms with Gasteiger partial charge in [0.05, 0.1) is 10.6 Å². The average Bonchev–Trinajstić information content (AvgIpc) is 2.70. The largest absolute Gasteiger partial charge is 0.479 e. The number of carbonyl (C=O) groups is 1. The number of amides is 1. The van der Waals surface area contributed by atoms with Crippen molar-refractivity contribution < 1.29 is 17.9 Å². The Balaban J connectivity index is 1.50. The molecule has 0 saturated carbocycles. The van der Waals surface area contributed by atoms with E-state index < -0.39 is 16.1 Å². The zero-order chi connectivity index (χ0) is 20.4. The first kappa shape index (κ1) is 18.9. The predicted octanol–water partition coefficient (Wildman–Crippen LogP) is 3.19. The normalized spacial score (nSPS) is 15.8. The third-order valence-corrected chi connectivity index (χ3v) is 5.93. The van der Waals surface area contributed by atoms with Crippen LogP contribution in [0.3, 0.4) is 0 Å². The molecule has 1 unspecified atom stereocenters. The summed E-state index contributed by atoms with van der Waals surface area (Å²) >= 11 is 0. The molecule has 1 aliphatic rings. The van der Waals surface area contributed by atoms with Crippen LogP contribution >= 0.6 is 0 Å². The molecule has 1 aromatic heterocycles. The monoisotopic (exact) mass is 409 g/mol. The minimum Gasteiger partial charge on any atom is -0.479 e. The molecular weight excluding hydrogens is 390 g/mol. The number of hydrogen-bond donors (Lipinski definition) is 2. The standard InChI is InChI=1S/C21H19N3O4S/c1-14-21(25)23-19-13-18(6-7-20(19)28-14)29(26,27)24-17-4-2-15(3-5-17)12-16-8-10-22-11-9-16/h2-11,13-14,24H,12H2,1H3,(H,23,25). The Bertz CT molecular complexity index is 1150. The second-order valence-corrected chi connectivity index (χ2v) is 8.42. The molecule has 148 valence electrons. The average molecular weight is 409 g/mol. The van der Waals surface area contributed by atoms with Crippen molar-refractivity contribution >= 4 is 27.3 Å². The maximum absolute atomic E-state index is 12.7. The summed E-state index contributed by atoms with van der Waals surface area (Å²) in [5.41, 5.74) is 2.97. The highest BCUT2D eigenvalue weighted by atomic mass is 32.2. The third kappa shape index (κ3) is 4.22. The number of carbonyl (C=O) groups excluding carboxylic acids is 1. The highest BCUT2D eigenvalue weighted by Crippen LogP contribution is 2.32. The molecule has 0 radical (unpaired) electrons. The Hall–Kier alpha value is -3.39. The molecule has 0 bridgehead atoms. The summed E-state index contributed by atoms with van der Waals surface area (Å²) in [4.78, 5) is 15.8. The number of fused-ring (bicyclic) bond motifs is 1. The van der Waals surface area contributed by atoms with E-state index in [1.54, 1.807) is 31.5 Å². The lowest BCUT2D eigenvalue weighted by atomic mass is 10.1. The Morgan fingerprint density at radius 3 is 2.45 bits per heavy atom. The smallest absolute Gasteiger partial charge is 0.265 e. The molecule has 2 N–H and O–H groups in total. The van der Waals surface area contributed by atoms with Crippen molar-refractivity contribution in [2.75, 3.05) is 10.0 Å². The van der Waals surface area contributed by atoms with E-state index in [1.807, 2.05) is 24.3 Å². The third-order valence-electron chi connectivity index (χ3n) is 4.56. The number of pyridine rings is 1. The Kier molecular flexibility index (Phi) is 4.94. The second-order valence-electron chi connectivity index (χ2n) is 6.74. The molecule has 4 rings (SSSR count). The fourth-order valence-electron chi connectivity index (χ4n) is 3.00. The minimum absolute atomic E-state index is 0.0376. The highest BCUT2D eigenvalue weighted by molar-refractivity contribution is 7.92. The summed E-state index contributed by atoms with van der Waals surface area (Å²) in [6.07, 6.45) is 3.60. The van der Waals surface area contributed by atoms with Crippen LogP contribution in [-0.2, 0) is 21.2 Å². The number of ether oxygens (including phenoxy) is 1. The van der Waals surface area contributed by atoms with Gasteiger partial charge in [-0.05, 0) is 66.9 Å². The van der Waals surface area contributed by atoms with Crippen molar-refractivity contribution in [3.05, 3.63) is 78.1 Å². The van der Waals surface area contributed by atoms with Gasteiger partial charge in [-0.1, -0.05) is 12.1 Å². The summed E-state index contributed by atoms with van der Waals surface area (Å²) in [5, 5.41) is 2.66. The van der Waals surface area contributed by atoms with Crippen LogP contribution in [0.5, 0.6) is 5.75 Å². The number of rotatable bonds is 5. The number of nitrogens with one attached hydrogen (secondary N) is 2. The molecule has 2 heterocycles. The van der Waals surface area contributed by atoms with Gasteiger partial charge < -0.3 is 10.1 Å². The van der Waals surface area contributed by atoms with Gasteiger partial charge in [0.15, 0.2) is 6.10 Å². The van der Waals surface area contributed by atoms with Gasteiger partial charge in [0, 0.05) is 18.1 Å². The predicted molar refractivity (Wildman–Crippen MR) is 109 cm³/mol. The Morgan fingerprint density at radius 2 is 1.72 bits per heavy atom. The molecule has 0 saturated heterocycles. The molecule has 0 spiro atoms. The van der Waals surface area contributed by atoms with Crippen LogP contribution in [0.15, 0.2) is 71.9 Å². The van der Waals surface area contributed by atoms with Crippen LogP contribution in [0.25, 0.3) is 0 Å². The molecule has 8 heteroatoms. The fraction of sp³-hybridized carbons (Fsp3) is 0.143. The maximum atomic E-state index is 12.7. The molecule has 1 amide bonds. The lowest BCUT2D eigenvalue weighted by Gasteiger charge is -2.23. The van der Waals surface area contributed by atoms with E-state index in [4.69, 9.17) is 4.74 Å². The minimum atomic E-state index is -3.81. The van der Waals surface area contributed by atoms with Crippen molar-refractivity contribution in [1.29, 1.82) is 0 Å². The highest BCUT2D eigenvalue weighted by Gasteiger charge is 2.25. The van der Waals surface area contributed by atoms with Crippen LogP contribution in [-0.4, -0.2) is 25.4 Å². The summed E-state index contributed by atoms with van der Waals surface area (Å²) in [6.45, 7) is 1.63. The van der Waals surface area contributed by atoms with E-state index in [9.17, 15) is 13.2 Å². The first-order valence-corrected chi connectivity index (χ1v) is 10.5. The topological polar surface area (TPSA) is 97.4 Å². The van der Waals surface area contributed by atoms with Gasteiger partial charge in [0.25, 0.3) is 15.9 Å². The van der Waals surface area contributed by atoms with Gasteiger partial charge in [-0.25, -0.2) is 8.42 Å². The van der Waals surface area contributed by atoms with E-state index >= 15 is 0 Å². The van der Waals surface area contributed by atoms with Crippen molar-refractivity contribution in [3.8, 4) is 5.75 Å². The number of sulfonamides is 1. The second kappa shape index (κ2) is 7.56. The summed E-state index contributed by atoms with van der Waals surface area (Å²) in [5.74, 6) is 0.126. The first-order valence-electron chi connectivity index (χ1n) is 9.03. The van der Waals surface area contributed by atoms with Gasteiger partial charge in [-0.15, -0.1) is 0 Å². The zero-order valence-electron chi connectivity index (χ0n) is 15.6. The number of aromatic nitrogens is 1. The SMILES string of the molecule is CC1Oc2ccc(S(=O)(=O)Nc3ccc(Cc4ccncc4)cc3)cc2NC1=O. The van der Waals surface area contributed by atoms with Crippen molar-refractivity contribution in [3.63, 3.8) is 0 Å². The van der Waals surface area contributed by atoms with Gasteiger partial charge in [0.1, 0.15) is 5.75 Å². The fourth-order valence-corrected chi connectivity index (χ4v) is 4.08. The van der Waals surface area contributed by atoms with Crippen LogP contribution < -0.4 is 14.8 Å². The van der Waals surface area contributed by atoms with Crippen LogP contribution in [0.1, 0.15) is 18.1 Å². The summed E-state index contributed by atoms with van der Waals surface area (Å²) in [7, 11) is -3.81. The molecule has 7 nitrogen and oxygen atoms in total. The molecule has 0 fully saturated rings. The van der Waals surface area contributed by atoms with Crippen LogP contribution in [0.4, 0.5) is 11.4 Å². The van der Waals surface area contributed by atoms with E-state index in [2.05, 4.69) is 15.0 Å². The summed E-state index contributed by atoms with van der Waals surface area (Å²) in [6, 6.07) is 15.4. The molecule has 3 aromatic rings. The van der Waals surface area contributed by atoms with E-state index in [0.29, 0.717) is 17.1 Å². The Morgan fingerprint density at radius 1 is 1.03 bits per heavy atom. The van der Waals surface area contributed by atoms with E-state index in [-0.39, 0.29) is 10.8 Å². The molecular formula is C21H19N3O4S. The lowest BCUT2D eigenvalue weighted by Crippen LogP contribution is -2.34. The van der Waals surface area contributed by atoms with Gasteiger partial charge in [-0.2, -0.15) is 0 Å². The Labute approximate surface area is 168 Å². The maximum Gasteiger partial charge on any atom is 0.265 e.